The summed E-state index contributed by atoms with van der Waals surface area (Å²) in [6.45, 7) is 0. The molecule has 0 spiro atoms. The van der Waals surface area contributed by atoms with Gasteiger partial charge in [-0.15, -0.1) is 0 Å². The van der Waals surface area contributed by atoms with Gasteiger partial charge in [-0.2, -0.15) is 0 Å². The van der Waals surface area contributed by atoms with E-state index in [4.69, 9.17) is 5.11 Å². The van der Waals surface area contributed by atoms with Gasteiger partial charge in [0.15, 0.2) is 0 Å². The zero-order valence-electron chi connectivity index (χ0n) is 7.57. The van der Waals surface area contributed by atoms with Crippen LogP contribution in [0, 0.1) is 5.82 Å². The van der Waals surface area contributed by atoms with Gasteiger partial charge >= 0.3 is 5.97 Å². The van der Waals surface area contributed by atoms with E-state index in [0.29, 0.717) is 5.39 Å². The minimum Gasteiger partial charge on any atom is -0.507 e. The predicted octanol–water partition coefficient (Wildman–Crippen LogP) is 2.38. The smallest absolute Gasteiger partial charge is 0.338 e. The molecule has 3 nitrogen and oxygen atoms in total. The highest BCUT2D eigenvalue weighted by Gasteiger charge is 2.14. The Morgan fingerprint density at radius 2 is 1.87 bits per heavy atom. The Labute approximate surface area is 84.4 Å². The largest absolute Gasteiger partial charge is 0.507 e. The number of halogens is 1. The molecule has 0 unspecified atom stereocenters. The number of aromatic hydroxyl groups is 1. The van der Waals surface area contributed by atoms with Crippen molar-refractivity contribution in [1.82, 2.24) is 0 Å². The summed E-state index contributed by atoms with van der Waals surface area (Å²) in [6.07, 6.45) is 0. The van der Waals surface area contributed by atoms with Gasteiger partial charge in [-0.3, -0.25) is 0 Å². The number of benzene rings is 2. The first-order valence-corrected chi connectivity index (χ1v) is 4.25. The second-order valence-corrected chi connectivity index (χ2v) is 3.10. The Morgan fingerprint density at radius 3 is 2.53 bits per heavy atom. The molecule has 0 fully saturated rings. The second kappa shape index (κ2) is 3.24. The standard InChI is InChI=1S/C11H7FO3/c12-10-7-2-1-3-9(13)6(7)4-5-8(10)11(14)15/h1-5,13H,(H,14,15). The van der Waals surface area contributed by atoms with Crippen LogP contribution in [0.5, 0.6) is 5.75 Å². The Hall–Kier alpha value is -2.10. The second-order valence-electron chi connectivity index (χ2n) is 3.10. The summed E-state index contributed by atoms with van der Waals surface area (Å²) in [6, 6.07) is 6.84. The molecular weight excluding hydrogens is 199 g/mol. The van der Waals surface area contributed by atoms with Gasteiger partial charge in [0.25, 0.3) is 0 Å². The third-order valence-corrected chi connectivity index (χ3v) is 2.20. The molecule has 0 saturated heterocycles. The Bertz CT molecular complexity index is 549. The van der Waals surface area contributed by atoms with Crippen LogP contribution in [-0.2, 0) is 0 Å². The Morgan fingerprint density at radius 1 is 1.13 bits per heavy atom. The highest BCUT2D eigenvalue weighted by Crippen LogP contribution is 2.27. The fraction of sp³-hybridized carbons (Fsp3) is 0. The van der Waals surface area contributed by atoms with E-state index in [1.165, 1.54) is 24.3 Å². The number of carbonyl (C=O) groups is 1. The lowest BCUT2D eigenvalue weighted by molar-refractivity contribution is 0.0692. The summed E-state index contributed by atoms with van der Waals surface area (Å²) in [4.78, 5) is 10.6. The van der Waals surface area contributed by atoms with Crippen LogP contribution >= 0.6 is 0 Å². The molecular formula is C11H7FO3. The monoisotopic (exact) mass is 206 g/mol. The van der Waals surface area contributed by atoms with Gasteiger partial charge < -0.3 is 10.2 Å². The van der Waals surface area contributed by atoms with E-state index < -0.39 is 17.3 Å². The topological polar surface area (TPSA) is 57.5 Å². The fourth-order valence-corrected chi connectivity index (χ4v) is 1.47. The normalized spacial score (nSPS) is 10.5. The molecule has 2 rings (SSSR count). The maximum absolute atomic E-state index is 13.6. The first-order valence-electron chi connectivity index (χ1n) is 4.25. The quantitative estimate of drug-likeness (QED) is 0.753. The van der Waals surface area contributed by atoms with E-state index in [1.54, 1.807) is 0 Å². The van der Waals surface area contributed by atoms with Crippen molar-refractivity contribution in [3.05, 3.63) is 41.7 Å². The van der Waals surface area contributed by atoms with Gasteiger partial charge in [0.1, 0.15) is 11.6 Å². The van der Waals surface area contributed by atoms with Crippen LogP contribution in [0.3, 0.4) is 0 Å². The molecule has 0 radical (unpaired) electrons. The molecule has 0 saturated carbocycles. The molecule has 76 valence electrons. The molecule has 2 aromatic rings. The third-order valence-electron chi connectivity index (χ3n) is 2.20. The van der Waals surface area contributed by atoms with Crippen molar-refractivity contribution in [2.24, 2.45) is 0 Å². The molecule has 15 heavy (non-hydrogen) atoms. The van der Waals surface area contributed by atoms with Crippen molar-refractivity contribution in [2.45, 2.75) is 0 Å². The SMILES string of the molecule is O=C(O)c1ccc2c(O)cccc2c1F. The highest BCUT2D eigenvalue weighted by molar-refractivity contribution is 5.97. The van der Waals surface area contributed by atoms with Gasteiger partial charge in [0, 0.05) is 10.8 Å². The van der Waals surface area contributed by atoms with Crippen molar-refractivity contribution >= 4 is 16.7 Å². The van der Waals surface area contributed by atoms with E-state index in [2.05, 4.69) is 0 Å². The van der Waals surface area contributed by atoms with Crippen LogP contribution in [0.25, 0.3) is 10.8 Å². The van der Waals surface area contributed by atoms with Crippen molar-refractivity contribution < 1.29 is 19.4 Å². The van der Waals surface area contributed by atoms with Crippen molar-refractivity contribution in [3.8, 4) is 5.75 Å². The van der Waals surface area contributed by atoms with Crippen LogP contribution in [-0.4, -0.2) is 16.2 Å². The molecule has 0 atom stereocenters. The van der Waals surface area contributed by atoms with E-state index in [1.807, 2.05) is 0 Å². The number of phenols is 1. The number of rotatable bonds is 1. The maximum atomic E-state index is 13.6. The lowest BCUT2D eigenvalue weighted by Gasteiger charge is -2.04. The van der Waals surface area contributed by atoms with Crippen molar-refractivity contribution in [2.75, 3.05) is 0 Å². The van der Waals surface area contributed by atoms with Gasteiger partial charge in [-0.05, 0) is 18.2 Å². The molecule has 0 amide bonds. The van der Waals surface area contributed by atoms with E-state index in [9.17, 15) is 14.3 Å². The van der Waals surface area contributed by atoms with Crippen molar-refractivity contribution in [3.63, 3.8) is 0 Å². The highest BCUT2D eigenvalue weighted by atomic mass is 19.1. The molecule has 0 aliphatic heterocycles. The first kappa shape index (κ1) is 9.45. The fourth-order valence-electron chi connectivity index (χ4n) is 1.47. The molecule has 0 aliphatic rings. The number of carboxylic acids is 1. The van der Waals surface area contributed by atoms with Crippen molar-refractivity contribution in [1.29, 1.82) is 0 Å². The molecule has 0 heterocycles. The molecule has 2 aromatic carbocycles. The minimum atomic E-state index is -1.32. The average molecular weight is 206 g/mol. The molecule has 2 N–H and O–H groups in total. The van der Waals surface area contributed by atoms with Gasteiger partial charge in [-0.1, -0.05) is 12.1 Å². The first-order chi connectivity index (χ1) is 7.11. The Balaban J connectivity index is 2.86. The number of aromatic carboxylic acids is 1. The lowest BCUT2D eigenvalue weighted by Crippen LogP contribution is -2.00. The number of hydrogen-bond acceptors (Lipinski definition) is 2. The molecule has 0 aliphatic carbocycles. The van der Waals surface area contributed by atoms with Gasteiger partial charge in [0.05, 0.1) is 5.56 Å². The number of phenolic OH excluding ortho intramolecular Hbond substituents is 1. The molecule has 0 bridgehead atoms. The number of hydrogen-bond donors (Lipinski definition) is 2. The number of carboxylic acid groups (broad SMARTS) is 1. The van der Waals surface area contributed by atoms with Crippen LogP contribution < -0.4 is 0 Å². The van der Waals surface area contributed by atoms with Crippen LogP contribution in [0.2, 0.25) is 0 Å². The third kappa shape index (κ3) is 1.40. The lowest BCUT2D eigenvalue weighted by atomic mass is 10.1. The van der Waals surface area contributed by atoms with E-state index >= 15 is 0 Å². The summed E-state index contributed by atoms with van der Waals surface area (Å²) in [5.74, 6) is -2.21. The summed E-state index contributed by atoms with van der Waals surface area (Å²) in [5.41, 5.74) is -0.395. The summed E-state index contributed by atoms with van der Waals surface area (Å²) >= 11 is 0. The maximum Gasteiger partial charge on any atom is 0.338 e. The Kier molecular flexibility index (Phi) is 2.04. The number of fused-ring (bicyclic) bond motifs is 1. The molecule has 0 aromatic heterocycles. The van der Waals surface area contributed by atoms with Crippen LogP contribution in [0.4, 0.5) is 4.39 Å². The minimum absolute atomic E-state index is 0.0664. The van der Waals surface area contributed by atoms with E-state index in [0.717, 1.165) is 6.07 Å². The average Bonchev–Trinajstić information content (AvgIpc) is 2.19. The zero-order valence-corrected chi connectivity index (χ0v) is 7.57. The predicted molar refractivity (Wildman–Crippen MR) is 52.5 cm³/mol. The summed E-state index contributed by atoms with van der Waals surface area (Å²) < 4.78 is 13.6. The summed E-state index contributed by atoms with van der Waals surface area (Å²) in [5, 5.41) is 18.5. The van der Waals surface area contributed by atoms with Gasteiger partial charge in [-0.25, -0.2) is 9.18 Å². The van der Waals surface area contributed by atoms with Gasteiger partial charge in [0.2, 0.25) is 0 Å². The van der Waals surface area contributed by atoms with Crippen LogP contribution in [0.15, 0.2) is 30.3 Å². The summed E-state index contributed by atoms with van der Waals surface area (Å²) in [7, 11) is 0. The molecule has 4 heteroatoms. The zero-order chi connectivity index (χ0) is 11.0. The van der Waals surface area contributed by atoms with Crippen LogP contribution in [0.1, 0.15) is 10.4 Å². The van der Waals surface area contributed by atoms with E-state index in [-0.39, 0.29) is 11.1 Å².